The molecule has 1 heterocycles. The van der Waals surface area contributed by atoms with E-state index < -0.39 is 0 Å². The number of furan rings is 1. The Morgan fingerprint density at radius 2 is 2.40 bits per heavy atom. The molecule has 0 aromatic carbocycles. The molecule has 1 aromatic rings. The Morgan fingerprint density at radius 3 is 3.00 bits per heavy atom. The van der Waals surface area contributed by atoms with Crippen LogP contribution in [-0.2, 0) is 4.74 Å². The maximum absolute atomic E-state index is 8.78. The smallest absolute Gasteiger partial charge is 0.127 e. The second-order valence-electron chi connectivity index (χ2n) is 2.76. The van der Waals surface area contributed by atoms with Crippen LogP contribution in [0.1, 0.15) is 12.2 Å². The molecule has 1 aromatic heterocycles. The number of hydrogen-bond acceptors (Lipinski definition) is 4. The van der Waals surface area contributed by atoms with Crippen molar-refractivity contribution in [1.29, 1.82) is 10.5 Å². The molecule has 0 saturated heterocycles. The van der Waals surface area contributed by atoms with Crippen molar-refractivity contribution >= 4 is 6.08 Å². The minimum Gasteiger partial charge on any atom is -0.465 e. The Hall–Kier alpha value is -2.04. The molecular weight excluding hydrogens is 192 g/mol. The zero-order valence-corrected chi connectivity index (χ0v) is 8.14. The van der Waals surface area contributed by atoms with Gasteiger partial charge in [-0.2, -0.15) is 10.5 Å². The molecule has 0 amide bonds. The minimum atomic E-state index is 0.207. The van der Waals surface area contributed by atoms with E-state index in [9.17, 15) is 0 Å². The lowest BCUT2D eigenvalue weighted by molar-refractivity contribution is 0.165. The molecule has 4 nitrogen and oxygen atoms in total. The Bertz CT molecular complexity index is 393. The van der Waals surface area contributed by atoms with E-state index in [4.69, 9.17) is 19.7 Å². The summed E-state index contributed by atoms with van der Waals surface area (Å²) < 4.78 is 10.2. The molecule has 0 aliphatic rings. The first-order valence-corrected chi connectivity index (χ1v) is 4.45. The van der Waals surface area contributed by atoms with Crippen molar-refractivity contribution in [1.82, 2.24) is 0 Å². The molecule has 15 heavy (non-hydrogen) atoms. The van der Waals surface area contributed by atoms with Crippen LogP contribution in [0.15, 0.2) is 28.4 Å². The van der Waals surface area contributed by atoms with Crippen LogP contribution in [0.25, 0.3) is 6.08 Å². The molecule has 0 bridgehead atoms. The van der Waals surface area contributed by atoms with Crippen molar-refractivity contribution in [3.8, 4) is 12.1 Å². The summed E-state index contributed by atoms with van der Waals surface area (Å²) in [5.74, 6) is 0.621. The average Bonchev–Trinajstić information content (AvgIpc) is 2.75. The van der Waals surface area contributed by atoms with E-state index in [-0.39, 0.29) is 6.61 Å². The highest BCUT2D eigenvalue weighted by Gasteiger charge is 1.98. The molecule has 0 fully saturated rings. The highest BCUT2D eigenvalue weighted by atomic mass is 16.5. The van der Waals surface area contributed by atoms with Crippen LogP contribution in [0.2, 0.25) is 0 Å². The minimum absolute atomic E-state index is 0.207. The lowest BCUT2D eigenvalue weighted by atomic mass is 10.2. The van der Waals surface area contributed by atoms with Crippen LogP contribution in [0.4, 0.5) is 0 Å². The predicted molar refractivity (Wildman–Crippen MR) is 53.3 cm³/mol. The molecule has 0 N–H and O–H groups in total. The van der Waals surface area contributed by atoms with E-state index in [0.29, 0.717) is 24.4 Å². The van der Waals surface area contributed by atoms with E-state index >= 15 is 0 Å². The summed E-state index contributed by atoms with van der Waals surface area (Å²) in [6.45, 7) is 0.548. The molecule has 0 aliphatic heterocycles. The van der Waals surface area contributed by atoms with Crippen molar-refractivity contribution in [2.24, 2.45) is 0 Å². The van der Waals surface area contributed by atoms with E-state index in [0.717, 1.165) is 0 Å². The summed E-state index contributed by atoms with van der Waals surface area (Å²) >= 11 is 0. The van der Waals surface area contributed by atoms with Crippen LogP contribution in [-0.4, -0.2) is 13.2 Å². The van der Waals surface area contributed by atoms with Gasteiger partial charge in [0.15, 0.2) is 0 Å². The molecule has 0 radical (unpaired) electrons. The fraction of sp³-hybridized carbons (Fsp3) is 0.273. The number of rotatable bonds is 5. The first-order valence-electron chi connectivity index (χ1n) is 4.45. The number of nitrogens with zero attached hydrogens (tertiary/aromatic N) is 2. The summed E-state index contributed by atoms with van der Waals surface area (Å²) in [5.41, 5.74) is 0.475. The molecular formula is C11H10N2O2. The van der Waals surface area contributed by atoms with E-state index in [2.05, 4.69) is 0 Å². The largest absolute Gasteiger partial charge is 0.465 e. The summed E-state index contributed by atoms with van der Waals surface area (Å²) in [4.78, 5) is 0. The zero-order chi connectivity index (χ0) is 10.9. The molecule has 0 unspecified atom stereocenters. The molecule has 4 heteroatoms. The van der Waals surface area contributed by atoms with Gasteiger partial charge in [0.1, 0.15) is 5.76 Å². The van der Waals surface area contributed by atoms with Crippen molar-refractivity contribution in [2.45, 2.75) is 6.42 Å². The SMILES string of the molecule is N#CCCOC/C(C#N)=C\c1ccco1. The van der Waals surface area contributed by atoms with E-state index in [1.54, 1.807) is 18.2 Å². The van der Waals surface area contributed by atoms with Crippen molar-refractivity contribution in [3.05, 3.63) is 29.7 Å². The maximum atomic E-state index is 8.78. The Kier molecular flexibility index (Phi) is 4.72. The molecule has 0 atom stereocenters. The average molecular weight is 202 g/mol. The summed E-state index contributed by atoms with van der Waals surface area (Å²) in [6, 6.07) is 7.47. The first-order chi connectivity index (χ1) is 7.36. The highest BCUT2D eigenvalue weighted by Crippen LogP contribution is 2.07. The summed E-state index contributed by atoms with van der Waals surface area (Å²) in [6.07, 6.45) is 3.49. The second-order valence-corrected chi connectivity index (χ2v) is 2.76. The summed E-state index contributed by atoms with van der Waals surface area (Å²) in [5, 5.41) is 17.0. The van der Waals surface area contributed by atoms with Crippen LogP contribution in [0, 0.1) is 22.7 Å². The Balaban J connectivity index is 2.44. The van der Waals surface area contributed by atoms with Crippen molar-refractivity contribution < 1.29 is 9.15 Å². The fourth-order valence-electron chi connectivity index (χ4n) is 0.951. The van der Waals surface area contributed by atoms with Gasteiger partial charge in [-0.15, -0.1) is 0 Å². The quantitative estimate of drug-likeness (QED) is 0.541. The lowest BCUT2D eigenvalue weighted by Gasteiger charge is -1.98. The molecule has 0 aliphatic carbocycles. The van der Waals surface area contributed by atoms with Gasteiger partial charge in [-0.25, -0.2) is 0 Å². The highest BCUT2D eigenvalue weighted by molar-refractivity contribution is 5.52. The van der Waals surface area contributed by atoms with Gasteiger partial charge in [-0.05, 0) is 18.2 Å². The van der Waals surface area contributed by atoms with Gasteiger partial charge >= 0.3 is 0 Å². The Morgan fingerprint density at radius 1 is 1.53 bits per heavy atom. The topological polar surface area (TPSA) is 69.9 Å². The van der Waals surface area contributed by atoms with Gasteiger partial charge in [0.25, 0.3) is 0 Å². The van der Waals surface area contributed by atoms with E-state index in [1.165, 1.54) is 6.26 Å². The third-order valence-electron chi connectivity index (χ3n) is 1.62. The molecule has 0 saturated carbocycles. The van der Waals surface area contributed by atoms with Gasteiger partial charge in [0.2, 0.25) is 0 Å². The third-order valence-corrected chi connectivity index (χ3v) is 1.62. The number of hydrogen-bond donors (Lipinski definition) is 0. The van der Waals surface area contributed by atoms with Gasteiger partial charge in [-0.3, -0.25) is 0 Å². The first kappa shape index (κ1) is 11.0. The second kappa shape index (κ2) is 6.42. The zero-order valence-electron chi connectivity index (χ0n) is 8.14. The number of nitriles is 2. The van der Waals surface area contributed by atoms with Crippen LogP contribution in [0.5, 0.6) is 0 Å². The van der Waals surface area contributed by atoms with E-state index in [1.807, 2.05) is 12.1 Å². The van der Waals surface area contributed by atoms with Gasteiger partial charge in [0, 0.05) is 0 Å². The van der Waals surface area contributed by atoms with Crippen LogP contribution >= 0.6 is 0 Å². The monoisotopic (exact) mass is 202 g/mol. The predicted octanol–water partition coefficient (Wildman–Crippen LogP) is 2.12. The maximum Gasteiger partial charge on any atom is 0.127 e. The molecule has 0 spiro atoms. The normalized spacial score (nSPS) is 10.7. The van der Waals surface area contributed by atoms with Crippen molar-refractivity contribution in [2.75, 3.05) is 13.2 Å². The molecule has 76 valence electrons. The Labute approximate surface area is 88.0 Å². The lowest BCUT2D eigenvalue weighted by Crippen LogP contribution is -1.98. The summed E-state index contributed by atoms with van der Waals surface area (Å²) in [7, 11) is 0. The molecule has 1 rings (SSSR count). The standard InChI is InChI=1S/C11H10N2O2/c12-4-2-5-14-9-10(8-13)7-11-3-1-6-15-11/h1,3,6-7H,2,5,9H2/b10-7-. The number of ether oxygens (including phenoxy) is 1. The van der Waals surface area contributed by atoms with Gasteiger partial charge in [0.05, 0.1) is 43.6 Å². The van der Waals surface area contributed by atoms with Crippen molar-refractivity contribution in [3.63, 3.8) is 0 Å². The van der Waals surface area contributed by atoms with Gasteiger partial charge < -0.3 is 9.15 Å². The fourth-order valence-corrected chi connectivity index (χ4v) is 0.951. The van der Waals surface area contributed by atoms with Crippen LogP contribution < -0.4 is 0 Å². The van der Waals surface area contributed by atoms with Gasteiger partial charge in [-0.1, -0.05) is 0 Å². The van der Waals surface area contributed by atoms with Crippen LogP contribution in [0.3, 0.4) is 0 Å². The third kappa shape index (κ3) is 4.12.